The number of hydrogen-bond donors (Lipinski definition) is 0. The topological polar surface area (TPSA) is 79.0 Å². The van der Waals surface area contributed by atoms with Crippen LogP contribution in [0.2, 0.25) is 0 Å². The third kappa shape index (κ3) is 6.42. The van der Waals surface area contributed by atoms with Crippen LogP contribution in [0.3, 0.4) is 0 Å². The Labute approximate surface area is 197 Å². The molecule has 1 heterocycles. The number of hydrogen-bond acceptors (Lipinski definition) is 5. The van der Waals surface area contributed by atoms with Crippen molar-refractivity contribution >= 4 is 34.3 Å². The van der Waals surface area contributed by atoms with Crippen LogP contribution in [0.5, 0.6) is 0 Å². The van der Waals surface area contributed by atoms with Crippen LogP contribution >= 0.6 is 11.8 Å². The molecule has 3 rings (SSSR count). The summed E-state index contributed by atoms with van der Waals surface area (Å²) in [6.07, 6.45) is 4.24. The molecule has 0 aliphatic carbocycles. The lowest BCUT2D eigenvalue weighted by Gasteiger charge is -2.22. The predicted octanol–water partition coefficient (Wildman–Crippen LogP) is 5.15. The van der Waals surface area contributed by atoms with Gasteiger partial charge in [-0.15, -0.1) is 0 Å². The number of carbonyl (C=O) groups is 1. The number of carbonyl (C=O) groups excluding carboxylic acids is 1. The third-order valence-corrected chi connectivity index (χ3v) is 6.23. The molecule has 0 spiro atoms. The van der Waals surface area contributed by atoms with Crippen molar-refractivity contribution in [2.75, 3.05) is 17.2 Å². The zero-order valence-electron chi connectivity index (χ0n) is 18.7. The summed E-state index contributed by atoms with van der Waals surface area (Å²) >= 11 is 1.21. The molecular formula is C25H27FN4O2S. The van der Waals surface area contributed by atoms with Gasteiger partial charge in [-0.1, -0.05) is 50.1 Å². The highest BCUT2D eigenvalue weighted by molar-refractivity contribution is 7.99. The average Bonchev–Trinajstić information content (AvgIpc) is 2.83. The number of halogens is 1. The maximum Gasteiger partial charge on any atom is 0.262 e. The second-order valence-corrected chi connectivity index (χ2v) is 8.59. The zero-order chi connectivity index (χ0) is 23.6. The van der Waals surface area contributed by atoms with E-state index in [2.05, 4.69) is 11.9 Å². The Balaban J connectivity index is 1.84. The lowest BCUT2D eigenvalue weighted by molar-refractivity contribution is -0.116. The predicted molar refractivity (Wildman–Crippen MR) is 130 cm³/mol. The number of para-hydroxylation sites is 1. The molecule has 33 heavy (non-hydrogen) atoms. The fourth-order valence-electron chi connectivity index (χ4n) is 3.54. The van der Waals surface area contributed by atoms with Crippen molar-refractivity contribution in [2.24, 2.45) is 0 Å². The average molecular weight is 467 g/mol. The van der Waals surface area contributed by atoms with Gasteiger partial charge in [0.1, 0.15) is 5.82 Å². The summed E-state index contributed by atoms with van der Waals surface area (Å²) in [6, 6.07) is 14.9. The second kappa shape index (κ2) is 12.2. The van der Waals surface area contributed by atoms with Crippen LogP contribution in [0.4, 0.5) is 10.1 Å². The molecule has 3 aromatic rings. The Morgan fingerprint density at radius 3 is 2.64 bits per heavy atom. The number of benzene rings is 2. The Bertz CT molecular complexity index is 1190. The van der Waals surface area contributed by atoms with E-state index in [1.807, 2.05) is 18.2 Å². The number of nitriles is 1. The van der Waals surface area contributed by atoms with E-state index in [9.17, 15) is 14.0 Å². The van der Waals surface area contributed by atoms with Crippen LogP contribution in [0, 0.1) is 17.1 Å². The summed E-state index contributed by atoms with van der Waals surface area (Å²) in [5, 5.41) is 10.0. The van der Waals surface area contributed by atoms with Crippen molar-refractivity contribution in [1.82, 2.24) is 9.55 Å². The van der Waals surface area contributed by atoms with Crippen molar-refractivity contribution in [3.63, 3.8) is 0 Å². The number of nitrogens with zero attached hydrogens (tertiary/aromatic N) is 4. The molecule has 2 aromatic carbocycles. The van der Waals surface area contributed by atoms with Crippen LogP contribution in [0.15, 0.2) is 58.5 Å². The lowest BCUT2D eigenvalue weighted by Crippen LogP contribution is -2.33. The molecule has 0 N–H and O–H groups in total. The van der Waals surface area contributed by atoms with Gasteiger partial charge >= 0.3 is 0 Å². The van der Waals surface area contributed by atoms with Gasteiger partial charge in [-0.2, -0.15) is 5.26 Å². The minimum absolute atomic E-state index is 0.0442. The molecule has 1 amide bonds. The standard InChI is InChI=1S/C25H27FN4O2S/c1-2-3-4-7-16-30-24(32)21-9-5-6-10-22(21)28-25(30)33-18-23(31)29(17-8-15-27)20-13-11-19(26)12-14-20/h5-6,9-14H,2-4,7-8,16-18H2,1H3. The van der Waals surface area contributed by atoms with Gasteiger partial charge in [0.25, 0.3) is 5.56 Å². The van der Waals surface area contributed by atoms with E-state index in [4.69, 9.17) is 5.26 Å². The molecule has 0 fully saturated rings. The molecule has 0 aliphatic rings. The second-order valence-electron chi connectivity index (χ2n) is 7.65. The molecule has 0 unspecified atom stereocenters. The van der Waals surface area contributed by atoms with E-state index < -0.39 is 5.82 Å². The summed E-state index contributed by atoms with van der Waals surface area (Å²) in [5.74, 6) is -0.585. The molecular weight excluding hydrogens is 439 g/mol. The minimum atomic E-state index is -0.395. The van der Waals surface area contributed by atoms with E-state index in [0.717, 1.165) is 25.7 Å². The quantitative estimate of drug-likeness (QED) is 0.222. The maximum atomic E-state index is 13.3. The molecule has 0 radical (unpaired) electrons. The van der Waals surface area contributed by atoms with Crippen LogP contribution in [-0.4, -0.2) is 27.8 Å². The Morgan fingerprint density at radius 1 is 1.15 bits per heavy atom. The monoisotopic (exact) mass is 466 g/mol. The Morgan fingerprint density at radius 2 is 1.91 bits per heavy atom. The number of aromatic nitrogens is 2. The molecule has 172 valence electrons. The number of rotatable bonds is 11. The smallest absolute Gasteiger partial charge is 0.262 e. The van der Waals surface area contributed by atoms with Crippen LogP contribution < -0.4 is 10.5 Å². The van der Waals surface area contributed by atoms with Gasteiger partial charge in [0.2, 0.25) is 5.91 Å². The number of unbranched alkanes of at least 4 members (excludes halogenated alkanes) is 3. The van der Waals surface area contributed by atoms with E-state index >= 15 is 0 Å². The molecule has 6 nitrogen and oxygen atoms in total. The normalized spacial score (nSPS) is 10.8. The van der Waals surface area contributed by atoms with Gasteiger partial charge in [-0.3, -0.25) is 14.2 Å². The van der Waals surface area contributed by atoms with Gasteiger partial charge in [-0.25, -0.2) is 9.37 Å². The third-order valence-electron chi connectivity index (χ3n) is 5.27. The highest BCUT2D eigenvalue weighted by atomic mass is 32.2. The Kier molecular flexibility index (Phi) is 9.02. The van der Waals surface area contributed by atoms with Gasteiger partial charge < -0.3 is 4.90 Å². The van der Waals surface area contributed by atoms with E-state index in [1.165, 1.54) is 40.9 Å². The van der Waals surface area contributed by atoms with E-state index in [0.29, 0.717) is 28.3 Å². The first-order valence-electron chi connectivity index (χ1n) is 11.1. The van der Waals surface area contributed by atoms with Gasteiger partial charge in [0.15, 0.2) is 5.16 Å². The van der Waals surface area contributed by atoms with E-state index in [1.54, 1.807) is 16.7 Å². The summed E-state index contributed by atoms with van der Waals surface area (Å²) in [7, 11) is 0. The molecule has 0 aliphatic heterocycles. The molecule has 8 heteroatoms. The summed E-state index contributed by atoms with van der Waals surface area (Å²) < 4.78 is 15.0. The van der Waals surface area contributed by atoms with Crippen molar-refractivity contribution in [3.8, 4) is 6.07 Å². The molecule has 0 saturated carbocycles. The number of amides is 1. The van der Waals surface area contributed by atoms with E-state index in [-0.39, 0.29) is 30.2 Å². The zero-order valence-corrected chi connectivity index (χ0v) is 19.5. The number of fused-ring (bicyclic) bond motifs is 1. The van der Waals surface area contributed by atoms with Crippen molar-refractivity contribution < 1.29 is 9.18 Å². The highest BCUT2D eigenvalue weighted by Gasteiger charge is 2.18. The van der Waals surface area contributed by atoms with Crippen molar-refractivity contribution in [3.05, 3.63) is 64.7 Å². The first-order valence-corrected chi connectivity index (χ1v) is 12.1. The maximum absolute atomic E-state index is 13.3. The highest BCUT2D eigenvalue weighted by Crippen LogP contribution is 2.22. The van der Waals surface area contributed by atoms with Gasteiger partial charge in [-0.05, 0) is 42.8 Å². The Hall–Kier alpha value is -3.18. The van der Waals surface area contributed by atoms with Gasteiger partial charge in [0, 0.05) is 18.8 Å². The van der Waals surface area contributed by atoms with Crippen molar-refractivity contribution in [2.45, 2.75) is 50.7 Å². The first kappa shape index (κ1) is 24.5. The largest absolute Gasteiger partial charge is 0.311 e. The summed E-state index contributed by atoms with van der Waals surface area (Å²) in [5.41, 5.74) is 1.02. The summed E-state index contributed by atoms with van der Waals surface area (Å²) in [6.45, 7) is 2.88. The van der Waals surface area contributed by atoms with Crippen LogP contribution in [-0.2, 0) is 11.3 Å². The van der Waals surface area contributed by atoms with Crippen LogP contribution in [0.1, 0.15) is 39.0 Å². The molecule has 0 bridgehead atoms. The number of thioether (sulfide) groups is 1. The SMILES string of the molecule is CCCCCCn1c(SCC(=O)N(CCC#N)c2ccc(F)cc2)nc2ccccc2c1=O. The molecule has 1 aromatic heterocycles. The lowest BCUT2D eigenvalue weighted by atomic mass is 10.2. The fourth-order valence-corrected chi connectivity index (χ4v) is 4.44. The molecule has 0 atom stereocenters. The van der Waals surface area contributed by atoms with Crippen LogP contribution in [0.25, 0.3) is 10.9 Å². The fraction of sp³-hybridized carbons (Fsp3) is 0.360. The van der Waals surface area contributed by atoms with Gasteiger partial charge in [0.05, 0.1) is 29.1 Å². The van der Waals surface area contributed by atoms with Crippen molar-refractivity contribution in [1.29, 1.82) is 5.26 Å². The number of anilines is 1. The minimum Gasteiger partial charge on any atom is -0.311 e. The molecule has 0 saturated heterocycles. The summed E-state index contributed by atoms with van der Waals surface area (Å²) in [4.78, 5) is 32.3. The first-order chi connectivity index (χ1) is 16.0.